The molecule has 1 heterocycles. The second-order valence-electron chi connectivity index (χ2n) is 4.18. The highest BCUT2D eigenvalue weighted by Crippen LogP contribution is 2.14. The van der Waals surface area contributed by atoms with E-state index in [4.69, 9.17) is 24.4 Å². The lowest BCUT2D eigenvalue weighted by atomic mass is 10.2. The van der Waals surface area contributed by atoms with Crippen LogP contribution in [0.3, 0.4) is 0 Å². The van der Waals surface area contributed by atoms with Crippen molar-refractivity contribution in [3.63, 3.8) is 0 Å². The Labute approximate surface area is 97.3 Å². The predicted molar refractivity (Wildman–Crippen MR) is 68.9 cm³/mol. The van der Waals surface area contributed by atoms with Gasteiger partial charge in [-0.2, -0.15) is 0 Å². The van der Waals surface area contributed by atoms with Gasteiger partial charge in [0.1, 0.15) is 9.98 Å². The first-order valence-corrected chi connectivity index (χ1v) is 5.88. The molecule has 0 radical (unpaired) electrons. The summed E-state index contributed by atoms with van der Waals surface area (Å²) in [7, 11) is 0. The average molecular weight is 230 g/mol. The number of thiocarbonyl (C=S) groups is 2. The highest BCUT2D eigenvalue weighted by atomic mass is 32.1. The van der Waals surface area contributed by atoms with E-state index in [9.17, 15) is 0 Å². The number of hydrogen-bond acceptors (Lipinski definition) is 2. The molecular weight excluding hydrogens is 212 g/mol. The van der Waals surface area contributed by atoms with Crippen LogP contribution in [0.2, 0.25) is 0 Å². The van der Waals surface area contributed by atoms with Crippen molar-refractivity contribution in [3.05, 3.63) is 0 Å². The molecular formula is C10H18N2S2. The van der Waals surface area contributed by atoms with E-state index in [1.54, 1.807) is 0 Å². The molecule has 0 unspecified atom stereocenters. The largest absolute Gasteiger partial charge is 0.356 e. The molecule has 0 amide bonds. The Hall–Kier alpha value is -0.220. The molecule has 2 nitrogen and oxygen atoms in total. The summed E-state index contributed by atoms with van der Waals surface area (Å²) < 4.78 is 0. The summed E-state index contributed by atoms with van der Waals surface area (Å²) in [5.74, 6) is 0. The van der Waals surface area contributed by atoms with Gasteiger partial charge in [-0.25, -0.2) is 0 Å². The van der Waals surface area contributed by atoms with E-state index < -0.39 is 0 Å². The molecule has 0 aromatic heterocycles. The van der Waals surface area contributed by atoms with Gasteiger partial charge in [-0.15, -0.1) is 0 Å². The Morgan fingerprint density at radius 1 is 0.857 bits per heavy atom. The normalized spacial score (nSPS) is 18.7. The summed E-state index contributed by atoms with van der Waals surface area (Å²) in [6.07, 6.45) is 0. The summed E-state index contributed by atoms with van der Waals surface area (Å²) >= 11 is 10.7. The highest BCUT2D eigenvalue weighted by molar-refractivity contribution is 7.89. The van der Waals surface area contributed by atoms with Crippen LogP contribution in [-0.4, -0.2) is 45.0 Å². The third-order valence-corrected chi connectivity index (χ3v) is 3.52. The van der Waals surface area contributed by atoms with Crippen molar-refractivity contribution in [2.45, 2.75) is 39.8 Å². The van der Waals surface area contributed by atoms with E-state index in [1.807, 2.05) is 0 Å². The number of nitrogens with zero attached hydrogens (tertiary/aromatic N) is 2. The van der Waals surface area contributed by atoms with Crippen LogP contribution in [-0.2, 0) is 0 Å². The van der Waals surface area contributed by atoms with Gasteiger partial charge in [0.15, 0.2) is 0 Å². The molecule has 14 heavy (non-hydrogen) atoms. The average Bonchev–Trinajstić information content (AvgIpc) is 2.08. The Kier molecular flexibility index (Phi) is 3.84. The van der Waals surface area contributed by atoms with Crippen molar-refractivity contribution in [3.8, 4) is 0 Å². The zero-order valence-electron chi connectivity index (χ0n) is 9.28. The number of piperazine rings is 1. The van der Waals surface area contributed by atoms with Crippen LogP contribution in [0.1, 0.15) is 27.7 Å². The second kappa shape index (κ2) is 4.53. The Morgan fingerprint density at radius 3 is 1.36 bits per heavy atom. The molecule has 1 aliphatic rings. The van der Waals surface area contributed by atoms with Gasteiger partial charge >= 0.3 is 0 Å². The maximum atomic E-state index is 5.37. The van der Waals surface area contributed by atoms with E-state index >= 15 is 0 Å². The molecule has 0 aromatic rings. The second-order valence-corrected chi connectivity index (χ2v) is 4.96. The first-order valence-electron chi connectivity index (χ1n) is 5.06. The maximum absolute atomic E-state index is 5.37. The molecule has 0 aliphatic carbocycles. The van der Waals surface area contributed by atoms with Gasteiger partial charge in [0.05, 0.1) is 0 Å². The SMILES string of the molecule is CC(C)N1CCN(C(C)C)C(=S)C1=S. The molecule has 1 rings (SSSR count). The Bertz CT molecular complexity index is 223. The highest BCUT2D eigenvalue weighted by Gasteiger charge is 2.28. The quantitative estimate of drug-likeness (QED) is 0.670. The number of rotatable bonds is 2. The van der Waals surface area contributed by atoms with Gasteiger partial charge in [-0.05, 0) is 27.7 Å². The van der Waals surface area contributed by atoms with Gasteiger partial charge in [0, 0.05) is 25.2 Å². The molecule has 0 bridgehead atoms. The van der Waals surface area contributed by atoms with E-state index in [1.165, 1.54) is 0 Å². The van der Waals surface area contributed by atoms with E-state index in [0.29, 0.717) is 12.1 Å². The summed E-state index contributed by atoms with van der Waals surface area (Å²) in [5.41, 5.74) is 0. The molecule has 1 saturated heterocycles. The Morgan fingerprint density at radius 2 is 1.14 bits per heavy atom. The van der Waals surface area contributed by atoms with Crippen LogP contribution in [0.15, 0.2) is 0 Å². The first kappa shape index (κ1) is 11.9. The molecule has 1 fully saturated rings. The zero-order valence-corrected chi connectivity index (χ0v) is 10.9. The maximum Gasteiger partial charge on any atom is 0.137 e. The third kappa shape index (κ3) is 2.23. The lowest BCUT2D eigenvalue weighted by Crippen LogP contribution is -2.56. The molecule has 4 heteroatoms. The van der Waals surface area contributed by atoms with Crippen LogP contribution in [0.5, 0.6) is 0 Å². The number of hydrogen-bond donors (Lipinski definition) is 0. The molecule has 1 aliphatic heterocycles. The van der Waals surface area contributed by atoms with Gasteiger partial charge in [0.2, 0.25) is 0 Å². The topological polar surface area (TPSA) is 6.48 Å². The standard InChI is InChI=1S/C10H18N2S2/c1-7(2)11-5-6-12(8(3)4)10(14)9(11)13/h7-8H,5-6H2,1-4H3. The summed E-state index contributed by atoms with van der Waals surface area (Å²) in [6, 6.07) is 0.907. The molecule has 0 aromatic carbocycles. The van der Waals surface area contributed by atoms with Crippen LogP contribution in [0.25, 0.3) is 0 Å². The fourth-order valence-corrected chi connectivity index (χ4v) is 2.49. The zero-order chi connectivity index (χ0) is 10.9. The minimum absolute atomic E-state index is 0.453. The minimum atomic E-state index is 0.453. The van der Waals surface area contributed by atoms with Crippen molar-refractivity contribution >= 4 is 34.4 Å². The molecule has 0 saturated carbocycles. The fourth-order valence-electron chi connectivity index (χ4n) is 1.65. The molecule has 0 atom stereocenters. The molecule has 0 N–H and O–H groups in total. The van der Waals surface area contributed by atoms with E-state index in [2.05, 4.69) is 37.5 Å². The van der Waals surface area contributed by atoms with Crippen molar-refractivity contribution in [1.29, 1.82) is 0 Å². The first-order chi connectivity index (χ1) is 6.45. The van der Waals surface area contributed by atoms with Crippen LogP contribution >= 0.6 is 24.4 Å². The fraction of sp³-hybridized carbons (Fsp3) is 0.800. The minimum Gasteiger partial charge on any atom is -0.356 e. The van der Waals surface area contributed by atoms with Crippen molar-refractivity contribution in [2.24, 2.45) is 0 Å². The van der Waals surface area contributed by atoms with E-state index in [0.717, 1.165) is 23.1 Å². The molecule has 80 valence electrons. The lowest BCUT2D eigenvalue weighted by Gasteiger charge is -2.41. The van der Waals surface area contributed by atoms with Gasteiger partial charge in [-0.3, -0.25) is 0 Å². The third-order valence-electron chi connectivity index (χ3n) is 2.53. The monoisotopic (exact) mass is 230 g/mol. The van der Waals surface area contributed by atoms with Crippen molar-refractivity contribution in [2.75, 3.05) is 13.1 Å². The van der Waals surface area contributed by atoms with Crippen LogP contribution in [0, 0.1) is 0 Å². The van der Waals surface area contributed by atoms with Crippen molar-refractivity contribution < 1.29 is 0 Å². The lowest BCUT2D eigenvalue weighted by molar-refractivity contribution is 0.263. The summed E-state index contributed by atoms with van der Waals surface area (Å²) in [4.78, 5) is 6.09. The van der Waals surface area contributed by atoms with Crippen LogP contribution in [0.4, 0.5) is 0 Å². The molecule has 0 spiro atoms. The van der Waals surface area contributed by atoms with E-state index in [-0.39, 0.29) is 0 Å². The van der Waals surface area contributed by atoms with Gasteiger partial charge in [-0.1, -0.05) is 24.4 Å². The summed E-state index contributed by atoms with van der Waals surface area (Å²) in [6.45, 7) is 10.6. The summed E-state index contributed by atoms with van der Waals surface area (Å²) in [5, 5.41) is 0. The Balaban J connectivity index is 2.75. The smallest absolute Gasteiger partial charge is 0.137 e. The predicted octanol–water partition coefficient (Wildman–Crippen LogP) is 2.08. The van der Waals surface area contributed by atoms with Crippen molar-refractivity contribution in [1.82, 2.24) is 9.80 Å². The van der Waals surface area contributed by atoms with Gasteiger partial charge in [0.25, 0.3) is 0 Å². The van der Waals surface area contributed by atoms with Gasteiger partial charge < -0.3 is 9.80 Å². The van der Waals surface area contributed by atoms with Crippen LogP contribution < -0.4 is 0 Å².